The maximum Gasteiger partial charge on any atom is 0.241 e. The topological polar surface area (TPSA) is 35.0 Å². The van der Waals surface area contributed by atoms with Crippen LogP contribution in [-0.2, 0) is 0 Å². The maximum atomic E-state index is 6.25. The molecule has 4 heteroatoms. The van der Waals surface area contributed by atoms with Gasteiger partial charge in [-0.2, -0.15) is 4.98 Å². The lowest BCUT2D eigenvalue weighted by Gasteiger charge is -2.11. The third-order valence-corrected chi connectivity index (χ3v) is 3.37. The van der Waals surface area contributed by atoms with E-state index in [-0.39, 0.29) is 0 Å². The molecule has 0 amide bonds. The lowest BCUT2D eigenvalue weighted by Crippen LogP contribution is -1.98. The first-order valence-corrected chi connectivity index (χ1v) is 6.90. The van der Waals surface area contributed by atoms with E-state index in [0.29, 0.717) is 22.4 Å². The number of ether oxygens (including phenoxy) is 1. The first-order valence-electron chi connectivity index (χ1n) is 6.52. The van der Waals surface area contributed by atoms with Crippen molar-refractivity contribution in [3.8, 4) is 28.4 Å². The summed E-state index contributed by atoms with van der Waals surface area (Å²) in [6, 6.07) is 19.5. The zero-order valence-electron chi connectivity index (χ0n) is 11.5. The van der Waals surface area contributed by atoms with E-state index in [1.807, 2.05) is 60.7 Å². The van der Waals surface area contributed by atoms with Crippen molar-refractivity contribution in [2.45, 2.75) is 0 Å². The molecule has 1 aromatic heterocycles. The first kappa shape index (κ1) is 13.6. The fourth-order valence-electron chi connectivity index (χ4n) is 2.11. The molecule has 0 spiro atoms. The Morgan fingerprint density at radius 1 is 0.762 bits per heavy atom. The van der Waals surface area contributed by atoms with Gasteiger partial charge in [-0.05, 0) is 0 Å². The van der Waals surface area contributed by atoms with Crippen LogP contribution in [0.4, 0.5) is 0 Å². The van der Waals surface area contributed by atoms with Crippen molar-refractivity contribution >= 4 is 11.6 Å². The average Bonchev–Trinajstić information content (AvgIpc) is 2.56. The van der Waals surface area contributed by atoms with Crippen molar-refractivity contribution < 1.29 is 4.74 Å². The second-order valence-corrected chi connectivity index (χ2v) is 4.81. The van der Waals surface area contributed by atoms with Gasteiger partial charge in [-0.3, -0.25) is 0 Å². The minimum absolute atomic E-state index is 0.331. The lowest BCUT2D eigenvalue weighted by molar-refractivity contribution is 0.398. The van der Waals surface area contributed by atoms with Crippen LogP contribution in [0.1, 0.15) is 0 Å². The number of aromatic nitrogens is 2. The highest BCUT2D eigenvalue weighted by Crippen LogP contribution is 2.33. The summed E-state index contributed by atoms with van der Waals surface area (Å²) in [5.41, 5.74) is 3.20. The molecule has 0 atom stereocenters. The predicted molar refractivity (Wildman–Crippen MR) is 84.5 cm³/mol. The molecule has 0 N–H and O–H groups in total. The Hall–Kier alpha value is -2.39. The molecule has 3 aromatic rings. The summed E-state index contributed by atoms with van der Waals surface area (Å²) in [5.74, 6) is 0.422. The van der Waals surface area contributed by atoms with Gasteiger partial charge in [0.05, 0.1) is 7.11 Å². The van der Waals surface area contributed by atoms with Crippen LogP contribution >= 0.6 is 11.6 Å². The smallest absolute Gasteiger partial charge is 0.241 e. The van der Waals surface area contributed by atoms with Crippen molar-refractivity contribution in [3.05, 3.63) is 65.8 Å². The molecule has 21 heavy (non-hydrogen) atoms. The van der Waals surface area contributed by atoms with Gasteiger partial charge in [0.2, 0.25) is 5.88 Å². The molecule has 0 aliphatic rings. The number of hydrogen-bond acceptors (Lipinski definition) is 3. The van der Waals surface area contributed by atoms with Crippen LogP contribution in [0.5, 0.6) is 5.88 Å². The van der Waals surface area contributed by atoms with Gasteiger partial charge in [0.1, 0.15) is 11.4 Å². The van der Waals surface area contributed by atoms with E-state index < -0.39 is 0 Å². The summed E-state index contributed by atoms with van der Waals surface area (Å²) in [6.07, 6.45) is 0. The molecule has 0 aliphatic heterocycles. The third-order valence-electron chi connectivity index (χ3n) is 3.11. The molecule has 3 rings (SSSR count). The molecule has 0 aliphatic carbocycles. The highest BCUT2D eigenvalue weighted by molar-refractivity contribution is 6.31. The van der Waals surface area contributed by atoms with Crippen LogP contribution in [0.2, 0.25) is 5.15 Å². The molecular weight excluding hydrogens is 284 g/mol. The highest BCUT2D eigenvalue weighted by atomic mass is 35.5. The summed E-state index contributed by atoms with van der Waals surface area (Å²) < 4.78 is 5.31. The Balaban J connectivity index is 2.20. The van der Waals surface area contributed by atoms with Gasteiger partial charge in [0.15, 0.2) is 5.15 Å². The maximum absolute atomic E-state index is 6.25. The molecule has 0 unspecified atom stereocenters. The fraction of sp³-hybridized carbons (Fsp3) is 0.0588. The van der Waals surface area contributed by atoms with Crippen LogP contribution in [0.3, 0.4) is 0 Å². The zero-order valence-corrected chi connectivity index (χ0v) is 12.2. The van der Waals surface area contributed by atoms with Crippen molar-refractivity contribution in [1.82, 2.24) is 9.97 Å². The van der Waals surface area contributed by atoms with Crippen molar-refractivity contribution in [2.75, 3.05) is 7.11 Å². The number of benzene rings is 2. The van der Waals surface area contributed by atoms with Crippen molar-refractivity contribution in [2.24, 2.45) is 0 Å². The highest BCUT2D eigenvalue weighted by Gasteiger charge is 2.15. The summed E-state index contributed by atoms with van der Waals surface area (Å²) in [7, 11) is 1.56. The quantitative estimate of drug-likeness (QED) is 0.715. The largest absolute Gasteiger partial charge is 0.479 e. The zero-order chi connectivity index (χ0) is 14.7. The van der Waals surface area contributed by atoms with Gasteiger partial charge in [0.25, 0.3) is 0 Å². The number of rotatable bonds is 3. The number of hydrogen-bond donors (Lipinski definition) is 0. The minimum Gasteiger partial charge on any atom is -0.479 e. The second kappa shape index (κ2) is 5.94. The van der Waals surface area contributed by atoms with E-state index in [2.05, 4.69) is 9.97 Å². The molecule has 0 bridgehead atoms. The summed E-state index contributed by atoms with van der Waals surface area (Å²) in [6.45, 7) is 0. The minimum atomic E-state index is 0.331. The SMILES string of the molecule is COc1nc(Cl)c(-c2ccccc2)nc1-c1ccccc1. The van der Waals surface area contributed by atoms with E-state index in [9.17, 15) is 0 Å². The molecule has 0 fully saturated rings. The van der Waals surface area contributed by atoms with E-state index in [0.717, 1.165) is 11.1 Å². The average molecular weight is 297 g/mol. The first-order chi connectivity index (χ1) is 10.3. The van der Waals surface area contributed by atoms with E-state index in [1.54, 1.807) is 7.11 Å². The fourth-order valence-corrected chi connectivity index (χ4v) is 2.33. The summed E-state index contributed by atoms with van der Waals surface area (Å²) in [4.78, 5) is 8.99. The van der Waals surface area contributed by atoms with Crippen LogP contribution < -0.4 is 4.74 Å². The van der Waals surface area contributed by atoms with Crippen molar-refractivity contribution in [1.29, 1.82) is 0 Å². The standard InChI is InChI=1S/C17H13ClN2O/c1-21-17-15(13-10-6-3-7-11-13)19-14(16(18)20-17)12-8-4-2-5-9-12/h2-11H,1H3. The molecule has 0 radical (unpaired) electrons. The number of nitrogens with zero attached hydrogens (tertiary/aromatic N) is 2. The number of methoxy groups -OCH3 is 1. The molecule has 2 aromatic carbocycles. The van der Waals surface area contributed by atoms with E-state index in [4.69, 9.17) is 16.3 Å². The van der Waals surface area contributed by atoms with Crippen LogP contribution in [0, 0.1) is 0 Å². The molecule has 104 valence electrons. The Kier molecular flexibility index (Phi) is 3.84. The van der Waals surface area contributed by atoms with Crippen LogP contribution in [0.25, 0.3) is 22.5 Å². The van der Waals surface area contributed by atoms with E-state index >= 15 is 0 Å². The van der Waals surface area contributed by atoms with Gasteiger partial charge < -0.3 is 4.74 Å². The van der Waals surface area contributed by atoms with Gasteiger partial charge in [-0.1, -0.05) is 72.3 Å². The normalized spacial score (nSPS) is 10.4. The molecule has 0 saturated carbocycles. The Morgan fingerprint density at radius 2 is 1.29 bits per heavy atom. The summed E-state index contributed by atoms with van der Waals surface area (Å²) >= 11 is 6.25. The predicted octanol–water partition coefficient (Wildman–Crippen LogP) is 4.47. The third kappa shape index (κ3) is 2.73. The van der Waals surface area contributed by atoms with Crippen molar-refractivity contribution in [3.63, 3.8) is 0 Å². The molecule has 3 nitrogen and oxygen atoms in total. The molecule has 1 heterocycles. The van der Waals surface area contributed by atoms with Gasteiger partial charge >= 0.3 is 0 Å². The molecular formula is C17H13ClN2O. The Morgan fingerprint density at radius 3 is 1.81 bits per heavy atom. The van der Waals surface area contributed by atoms with Gasteiger partial charge in [-0.15, -0.1) is 0 Å². The monoisotopic (exact) mass is 296 g/mol. The van der Waals surface area contributed by atoms with E-state index in [1.165, 1.54) is 0 Å². The second-order valence-electron chi connectivity index (χ2n) is 4.45. The Labute approximate surface area is 128 Å². The van der Waals surface area contributed by atoms with Crippen LogP contribution in [-0.4, -0.2) is 17.1 Å². The number of halogens is 1. The Bertz CT molecular complexity index is 745. The lowest BCUT2D eigenvalue weighted by atomic mass is 10.1. The van der Waals surface area contributed by atoms with Gasteiger partial charge in [0, 0.05) is 11.1 Å². The van der Waals surface area contributed by atoms with Gasteiger partial charge in [-0.25, -0.2) is 4.98 Å². The van der Waals surface area contributed by atoms with Crippen LogP contribution in [0.15, 0.2) is 60.7 Å². The summed E-state index contributed by atoms with van der Waals surface area (Å²) in [5, 5.41) is 0.331. The molecule has 0 saturated heterocycles.